The monoisotopic (exact) mass is 389 g/mol. The molecule has 28 heavy (non-hydrogen) atoms. The largest absolute Gasteiger partial charge is 0.481 e. The van der Waals surface area contributed by atoms with Crippen molar-refractivity contribution in [1.82, 2.24) is 10.9 Å². The van der Waals surface area contributed by atoms with Gasteiger partial charge in [-0.15, -0.1) is 0 Å². The summed E-state index contributed by atoms with van der Waals surface area (Å²) in [5.41, 5.74) is 7.28. The van der Waals surface area contributed by atoms with Crippen molar-refractivity contribution in [3.8, 4) is 0 Å². The Balaban J connectivity index is 1.75. The van der Waals surface area contributed by atoms with Gasteiger partial charge in [0.15, 0.2) is 0 Å². The summed E-state index contributed by atoms with van der Waals surface area (Å²) in [5.74, 6) is -3.68. The van der Waals surface area contributed by atoms with E-state index in [-0.39, 0.29) is 18.7 Å². The molecular weight excluding hydrogens is 362 g/mol. The number of aryl methyl sites for hydroxylation is 2. The van der Waals surface area contributed by atoms with Crippen LogP contribution < -0.4 is 16.2 Å². The van der Waals surface area contributed by atoms with Crippen LogP contribution in [0.2, 0.25) is 0 Å². The summed E-state index contributed by atoms with van der Waals surface area (Å²) in [6, 6.07) is 5.65. The Morgan fingerprint density at radius 2 is 1.61 bits per heavy atom. The van der Waals surface area contributed by atoms with Crippen LogP contribution in [0.3, 0.4) is 0 Å². The third kappa shape index (κ3) is 6.07. The Labute approximate surface area is 164 Å². The molecule has 3 amide bonds. The van der Waals surface area contributed by atoms with Gasteiger partial charge in [-0.2, -0.15) is 0 Å². The molecule has 0 bridgehead atoms. The van der Waals surface area contributed by atoms with Crippen molar-refractivity contribution in [2.45, 2.75) is 52.4 Å². The molecule has 2 rings (SSSR count). The zero-order valence-corrected chi connectivity index (χ0v) is 16.2. The number of nitrogens with one attached hydrogen (secondary N) is 3. The van der Waals surface area contributed by atoms with E-state index in [1.807, 2.05) is 32.0 Å². The van der Waals surface area contributed by atoms with E-state index < -0.39 is 29.6 Å². The van der Waals surface area contributed by atoms with Gasteiger partial charge in [-0.1, -0.05) is 30.5 Å². The molecule has 1 aromatic rings. The molecule has 0 aliphatic heterocycles. The summed E-state index contributed by atoms with van der Waals surface area (Å²) < 4.78 is 0. The van der Waals surface area contributed by atoms with E-state index in [1.165, 1.54) is 0 Å². The highest BCUT2D eigenvalue weighted by Gasteiger charge is 2.35. The predicted molar refractivity (Wildman–Crippen MR) is 103 cm³/mol. The molecule has 0 heterocycles. The number of carboxylic acids is 1. The molecule has 2 atom stereocenters. The summed E-state index contributed by atoms with van der Waals surface area (Å²) in [6.45, 7) is 3.85. The zero-order valence-electron chi connectivity index (χ0n) is 16.2. The highest BCUT2D eigenvalue weighted by atomic mass is 16.4. The van der Waals surface area contributed by atoms with Gasteiger partial charge in [0.1, 0.15) is 0 Å². The molecule has 4 N–H and O–H groups in total. The third-order valence-corrected chi connectivity index (χ3v) is 4.98. The van der Waals surface area contributed by atoms with Crippen LogP contribution in [-0.4, -0.2) is 28.8 Å². The molecule has 1 saturated carbocycles. The maximum Gasteiger partial charge on any atom is 0.307 e. The van der Waals surface area contributed by atoms with Crippen LogP contribution >= 0.6 is 0 Å². The third-order valence-electron chi connectivity index (χ3n) is 4.98. The summed E-state index contributed by atoms with van der Waals surface area (Å²) in [5, 5.41) is 12.0. The molecule has 0 unspecified atom stereocenters. The van der Waals surface area contributed by atoms with Gasteiger partial charge in [-0.05, 0) is 38.3 Å². The van der Waals surface area contributed by atoms with E-state index in [4.69, 9.17) is 0 Å². The molecule has 8 nitrogen and oxygen atoms in total. The second-order valence-electron chi connectivity index (χ2n) is 7.24. The minimum absolute atomic E-state index is 0.0315. The molecule has 0 saturated heterocycles. The number of aliphatic carboxylic acids is 1. The van der Waals surface area contributed by atoms with Crippen LogP contribution in [0.15, 0.2) is 18.2 Å². The lowest BCUT2D eigenvalue weighted by atomic mass is 9.79. The predicted octanol–water partition coefficient (Wildman–Crippen LogP) is 2.06. The Hall–Kier alpha value is -2.90. The maximum absolute atomic E-state index is 12.2. The van der Waals surface area contributed by atoms with Gasteiger partial charge < -0.3 is 10.4 Å². The Bertz CT molecular complexity index is 762. The molecule has 8 heteroatoms. The minimum atomic E-state index is -0.991. The molecule has 1 aliphatic carbocycles. The van der Waals surface area contributed by atoms with Gasteiger partial charge in [0, 0.05) is 18.5 Å². The molecule has 1 aromatic carbocycles. The minimum Gasteiger partial charge on any atom is -0.481 e. The Morgan fingerprint density at radius 3 is 2.25 bits per heavy atom. The lowest BCUT2D eigenvalue weighted by Crippen LogP contribution is -2.48. The molecular formula is C20H27N3O5. The molecule has 152 valence electrons. The van der Waals surface area contributed by atoms with E-state index >= 15 is 0 Å². The molecule has 0 aromatic heterocycles. The fraction of sp³-hybridized carbons (Fsp3) is 0.500. The second kappa shape index (κ2) is 9.87. The van der Waals surface area contributed by atoms with Crippen molar-refractivity contribution < 1.29 is 24.3 Å². The van der Waals surface area contributed by atoms with E-state index in [0.717, 1.165) is 24.0 Å². The summed E-state index contributed by atoms with van der Waals surface area (Å²) in [7, 11) is 0. The van der Waals surface area contributed by atoms with Crippen LogP contribution in [0.25, 0.3) is 0 Å². The summed E-state index contributed by atoms with van der Waals surface area (Å²) >= 11 is 0. The first-order valence-corrected chi connectivity index (χ1v) is 9.46. The van der Waals surface area contributed by atoms with Gasteiger partial charge in [0.05, 0.1) is 11.8 Å². The molecule has 0 spiro atoms. The van der Waals surface area contributed by atoms with E-state index in [2.05, 4.69) is 16.2 Å². The number of hydrogen-bond acceptors (Lipinski definition) is 4. The van der Waals surface area contributed by atoms with E-state index in [0.29, 0.717) is 18.5 Å². The van der Waals surface area contributed by atoms with Crippen molar-refractivity contribution in [3.63, 3.8) is 0 Å². The number of hydrogen-bond donors (Lipinski definition) is 4. The lowest BCUT2D eigenvalue weighted by Gasteiger charge is -2.27. The van der Waals surface area contributed by atoms with Crippen LogP contribution in [0.4, 0.5) is 5.69 Å². The highest BCUT2D eigenvalue weighted by Crippen LogP contribution is 2.30. The molecule has 0 radical (unpaired) electrons. The lowest BCUT2D eigenvalue weighted by molar-refractivity contribution is -0.149. The van der Waals surface area contributed by atoms with Crippen molar-refractivity contribution in [1.29, 1.82) is 0 Å². The van der Waals surface area contributed by atoms with E-state index in [9.17, 15) is 24.3 Å². The van der Waals surface area contributed by atoms with Crippen molar-refractivity contribution >= 4 is 29.4 Å². The van der Waals surface area contributed by atoms with Crippen LogP contribution in [0, 0.1) is 25.7 Å². The van der Waals surface area contributed by atoms with Crippen LogP contribution in [-0.2, 0) is 19.2 Å². The summed E-state index contributed by atoms with van der Waals surface area (Å²) in [6.07, 6.45) is 2.38. The van der Waals surface area contributed by atoms with Crippen LogP contribution in [0.5, 0.6) is 0 Å². The first-order valence-electron chi connectivity index (χ1n) is 9.46. The van der Waals surface area contributed by atoms with Gasteiger partial charge in [0.25, 0.3) is 0 Å². The number of hydrazine groups is 1. The van der Waals surface area contributed by atoms with Gasteiger partial charge in [-0.25, -0.2) is 0 Å². The fourth-order valence-corrected chi connectivity index (χ4v) is 3.42. The number of carbonyl (C=O) groups excluding carboxylic acids is 3. The highest BCUT2D eigenvalue weighted by molar-refractivity contribution is 5.94. The first kappa shape index (κ1) is 21.4. The fourth-order valence-electron chi connectivity index (χ4n) is 3.42. The SMILES string of the molecule is Cc1ccc(NC(=O)CCC(=O)NNC(=O)[C@H]2CCCC[C@H]2C(=O)O)c(C)c1. The number of carbonyl (C=O) groups is 4. The second-order valence-corrected chi connectivity index (χ2v) is 7.24. The number of carboxylic acid groups (broad SMARTS) is 1. The topological polar surface area (TPSA) is 125 Å². The Kier molecular flexibility index (Phi) is 7.54. The number of benzene rings is 1. The van der Waals surface area contributed by atoms with Gasteiger partial charge in [-0.3, -0.25) is 30.0 Å². The molecule has 1 aliphatic rings. The quantitative estimate of drug-likeness (QED) is 0.554. The first-order chi connectivity index (χ1) is 13.3. The standard InChI is InChI=1S/C20H27N3O5/c1-12-7-8-16(13(2)11-12)21-17(24)9-10-18(25)22-23-19(26)14-5-3-4-6-15(14)20(27)28/h7-8,11,14-15H,3-6,9-10H2,1-2H3,(H,21,24)(H,22,25)(H,23,26)(H,27,28)/t14-,15+/m0/s1. The maximum atomic E-state index is 12.2. The summed E-state index contributed by atoms with van der Waals surface area (Å²) in [4.78, 5) is 47.4. The van der Waals surface area contributed by atoms with Crippen molar-refractivity contribution in [2.24, 2.45) is 11.8 Å². The normalized spacial score (nSPS) is 18.8. The van der Waals surface area contributed by atoms with Gasteiger partial charge in [0.2, 0.25) is 17.7 Å². The van der Waals surface area contributed by atoms with Gasteiger partial charge >= 0.3 is 5.97 Å². The van der Waals surface area contributed by atoms with Crippen molar-refractivity contribution in [3.05, 3.63) is 29.3 Å². The smallest absolute Gasteiger partial charge is 0.307 e. The average molecular weight is 389 g/mol. The van der Waals surface area contributed by atoms with Crippen molar-refractivity contribution in [2.75, 3.05) is 5.32 Å². The Morgan fingerprint density at radius 1 is 0.964 bits per heavy atom. The average Bonchev–Trinajstić information content (AvgIpc) is 2.66. The molecule has 1 fully saturated rings. The van der Waals surface area contributed by atoms with Crippen LogP contribution in [0.1, 0.15) is 49.7 Å². The zero-order chi connectivity index (χ0) is 20.7. The number of anilines is 1. The number of amides is 3. The van der Waals surface area contributed by atoms with E-state index in [1.54, 1.807) is 0 Å². The number of rotatable bonds is 6.